The van der Waals surface area contributed by atoms with Crippen LogP contribution in [0.4, 0.5) is 18.9 Å². The van der Waals surface area contributed by atoms with Gasteiger partial charge in [0.05, 0.1) is 11.7 Å². The zero-order valence-corrected chi connectivity index (χ0v) is 11.7. The number of ether oxygens (including phenoxy) is 1. The molecule has 0 aliphatic rings. The molecule has 0 fully saturated rings. The Morgan fingerprint density at radius 2 is 1.62 bits per heavy atom. The van der Waals surface area contributed by atoms with Crippen LogP contribution < -0.4 is 10.5 Å². The molecule has 0 unspecified atom stereocenters. The standard InChI is InChI=1S/C16H16F3NO/c1-10(2)21-13-6-3-11(4-7-13)14-8-5-12(9-15(14)20)16(17,18)19/h3-10H,20H2,1-2H3. The van der Waals surface area contributed by atoms with Crippen molar-refractivity contribution in [3.63, 3.8) is 0 Å². The molecule has 0 aliphatic carbocycles. The van der Waals surface area contributed by atoms with E-state index in [0.717, 1.165) is 17.7 Å². The third-order valence-corrected chi connectivity index (χ3v) is 2.92. The minimum absolute atomic E-state index is 0.0620. The summed E-state index contributed by atoms with van der Waals surface area (Å²) in [5.74, 6) is 0.708. The highest BCUT2D eigenvalue weighted by Crippen LogP contribution is 2.35. The van der Waals surface area contributed by atoms with Gasteiger partial charge in [0.2, 0.25) is 0 Å². The zero-order valence-electron chi connectivity index (χ0n) is 11.7. The summed E-state index contributed by atoms with van der Waals surface area (Å²) in [6, 6.07) is 10.5. The van der Waals surface area contributed by atoms with E-state index in [9.17, 15) is 13.2 Å². The van der Waals surface area contributed by atoms with Gasteiger partial charge in [-0.1, -0.05) is 18.2 Å². The molecule has 0 spiro atoms. The molecular formula is C16H16F3NO. The Balaban J connectivity index is 2.30. The molecule has 2 aromatic carbocycles. The lowest BCUT2D eigenvalue weighted by Gasteiger charge is -2.12. The van der Waals surface area contributed by atoms with E-state index in [2.05, 4.69) is 0 Å². The lowest BCUT2D eigenvalue weighted by atomic mass is 10.0. The van der Waals surface area contributed by atoms with Crippen molar-refractivity contribution in [3.05, 3.63) is 48.0 Å². The molecule has 0 bridgehead atoms. The average Bonchev–Trinajstić information content (AvgIpc) is 2.38. The summed E-state index contributed by atoms with van der Waals surface area (Å²) in [7, 11) is 0. The molecule has 5 heteroatoms. The van der Waals surface area contributed by atoms with Crippen LogP contribution in [0.25, 0.3) is 11.1 Å². The van der Waals surface area contributed by atoms with Gasteiger partial charge in [0.25, 0.3) is 0 Å². The quantitative estimate of drug-likeness (QED) is 0.830. The predicted molar refractivity (Wildman–Crippen MR) is 77.1 cm³/mol. The summed E-state index contributed by atoms with van der Waals surface area (Å²) >= 11 is 0. The predicted octanol–water partition coefficient (Wildman–Crippen LogP) is 4.74. The zero-order chi connectivity index (χ0) is 15.6. The number of halogens is 3. The Morgan fingerprint density at radius 1 is 1.00 bits per heavy atom. The molecule has 2 aromatic rings. The fraction of sp³-hybridized carbons (Fsp3) is 0.250. The number of rotatable bonds is 3. The first kappa shape index (κ1) is 15.2. The molecule has 0 saturated heterocycles. The number of hydrogen-bond donors (Lipinski definition) is 1. The van der Waals surface area contributed by atoms with Gasteiger partial charge in [-0.2, -0.15) is 13.2 Å². The summed E-state index contributed by atoms with van der Waals surface area (Å²) in [6.45, 7) is 3.84. The normalized spacial score (nSPS) is 11.7. The molecule has 0 aromatic heterocycles. The van der Waals surface area contributed by atoms with Crippen molar-refractivity contribution in [2.75, 3.05) is 5.73 Å². The van der Waals surface area contributed by atoms with E-state index in [1.165, 1.54) is 6.07 Å². The van der Waals surface area contributed by atoms with Crippen molar-refractivity contribution in [2.45, 2.75) is 26.1 Å². The first-order valence-electron chi connectivity index (χ1n) is 6.51. The maximum Gasteiger partial charge on any atom is 0.416 e. The second-order valence-electron chi connectivity index (χ2n) is 4.99. The summed E-state index contributed by atoms with van der Waals surface area (Å²) in [6.07, 6.45) is -4.33. The molecule has 112 valence electrons. The molecule has 0 heterocycles. The molecule has 0 saturated carbocycles. The topological polar surface area (TPSA) is 35.2 Å². The van der Waals surface area contributed by atoms with E-state index < -0.39 is 11.7 Å². The monoisotopic (exact) mass is 295 g/mol. The highest BCUT2D eigenvalue weighted by Gasteiger charge is 2.30. The Morgan fingerprint density at radius 3 is 2.10 bits per heavy atom. The smallest absolute Gasteiger partial charge is 0.416 e. The number of alkyl halides is 3. The third kappa shape index (κ3) is 3.68. The van der Waals surface area contributed by atoms with Gasteiger partial charge in [0.15, 0.2) is 0 Å². The molecule has 2 N–H and O–H groups in total. The molecule has 0 atom stereocenters. The Bertz CT molecular complexity index is 618. The van der Waals surface area contributed by atoms with E-state index in [0.29, 0.717) is 11.3 Å². The van der Waals surface area contributed by atoms with E-state index in [4.69, 9.17) is 10.5 Å². The number of hydrogen-bond acceptors (Lipinski definition) is 2. The summed E-state index contributed by atoms with van der Waals surface area (Å²) < 4.78 is 43.3. The highest BCUT2D eigenvalue weighted by atomic mass is 19.4. The van der Waals surface area contributed by atoms with Crippen LogP contribution in [0.3, 0.4) is 0 Å². The maximum absolute atomic E-state index is 12.6. The van der Waals surface area contributed by atoms with Gasteiger partial charge in [0, 0.05) is 11.3 Å². The Kier molecular flexibility index (Phi) is 4.11. The molecule has 2 nitrogen and oxygen atoms in total. The van der Waals surface area contributed by atoms with Crippen molar-refractivity contribution in [3.8, 4) is 16.9 Å². The lowest BCUT2D eigenvalue weighted by molar-refractivity contribution is -0.137. The van der Waals surface area contributed by atoms with Crippen molar-refractivity contribution < 1.29 is 17.9 Å². The van der Waals surface area contributed by atoms with E-state index >= 15 is 0 Å². The van der Waals surface area contributed by atoms with E-state index in [1.807, 2.05) is 13.8 Å². The van der Waals surface area contributed by atoms with Gasteiger partial charge in [0.1, 0.15) is 5.75 Å². The van der Waals surface area contributed by atoms with Crippen molar-refractivity contribution in [1.82, 2.24) is 0 Å². The minimum atomic E-state index is -4.39. The van der Waals surface area contributed by atoms with Crippen LogP contribution in [-0.2, 0) is 6.18 Å². The number of anilines is 1. The fourth-order valence-electron chi connectivity index (χ4n) is 1.99. The fourth-order valence-corrected chi connectivity index (χ4v) is 1.99. The largest absolute Gasteiger partial charge is 0.491 e. The molecular weight excluding hydrogens is 279 g/mol. The molecule has 0 radical (unpaired) electrons. The van der Waals surface area contributed by atoms with Crippen LogP contribution in [0, 0.1) is 0 Å². The Labute approximate surface area is 121 Å². The second-order valence-corrected chi connectivity index (χ2v) is 4.99. The first-order valence-corrected chi connectivity index (χ1v) is 6.51. The average molecular weight is 295 g/mol. The lowest BCUT2D eigenvalue weighted by Crippen LogP contribution is -2.06. The van der Waals surface area contributed by atoms with Gasteiger partial charge in [-0.05, 0) is 43.7 Å². The van der Waals surface area contributed by atoms with Gasteiger partial charge < -0.3 is 10.5 Å². The summed E-state index contributed by atoms with van der Waals surface area (Å²) in [5, 5.41) is 0. The van der Waals surface area contributed by atoms with Crippen molar-refractivity contribution >= 4 is 5.69 Å². The highest BCUT2D eigenvalue weighted by molar-refractivity contribution is 5.77. The second kappa shape index (κ2) is 5.68. The van der Waals surface area contributed by atoms with Crippen LogP contribution in [-0.4, -0.2) is 6.10 Å². The van der Waals surface area contributed by atoms with Gasteiger partial charge in [-0.15, -0.1) is 0 Å². The van der Waals surface area contributed by atoms with Gasteiger partial charge in [-0.3, -0.25) is 0 Å². The summed E-state index contributed by atoms with van der Waals surface area (Å²) in [5.41, 5.74) is 6.41. The number of nitrogen functional groups attached to an aromatic ring is 1. The van der Waals surface area contributed by atoms with Crippen LogP contribution in [0.15, 0.2) is 42.5 Å². The van der Waals surface area contributed by atoms with Crippen LogP contribution in [0.2, 0.25) is 0 Å². The maximum atomic E-state index is 12.6. The van der Waals surface area contributed by atoms with E-state index in [1.54, 1.807) is 24.3 Å². The Hall–Kier alpha value is -2.17. The van der Waals surface area contributed by atoms with Gasteiger partial charge in [-0.25, -0.2) is 0 Å². The van der Waals surface area contributed by atoms with Crippen LogP contribution in [0.1, 0.15) is 19.4 Å². The van der Waals surface area contributed by atoms with Crippen molar-refractivity contribution in [2.24, 2.45) is 0 Å². The minimum Gasteiger partial charge on any atom is -0.491 e. The SMILES string of the molecule is CC(C)Oc1ccc(-c2ccc(C(F)(F)F)cc2N)cc1. The van der Waals surface area contributed by atoms with E-state index in [-0.39, 0.29) is 11.8 Å². The summed E-state index contributed by atoms with van der Waals surface area (Å²) in [4.78, 5) is 0. The molecule has 0 amide bonds. The van der Waals surface area contributed by atoms with Crippen LogP contribution in [0.5, 0.6) is 5.75 Å². The third-order valence-electron chi connectivity index (χ3n) is 2.92. The number of nitrogens with two attached hydrogens (primary N) is 1. The molecule has 2 rings (SSSR count). The first-order chi connectivity index (χ1) is 9.77. The molecule has 21 heavy (non-hydrogen) atoms. The molecule has 0 aliphatic heterocycles. The number of benzene rings is 2. The van der Waals surface area contributed by atoms with Gasteiger partial charge >= 0.3 is 6.18 Å². The van der Waals surface area contributed by atoms with Crippen molar-refractivity contribution in [1.29, 1.82) is 0 Å². The van der Waals surface area contributed by atoms with Crippen LogP contribution >= 0.6 is 0 Å².